The molecule has 2 heterocycles. The highest BCUT2D eigenvalue weighted by Crippen LogP contribution is 2.24. The molecule has 3 aromatic rings. The van der Waals surface area contributed by atoms with Crippen molar-refractivity contribution < 1.29 is 12.8 Å². The number of hydrogen-bond donors (Lipinski definition) is 1. The first kappa shape index (κ1) is 17.7. The Balaban J connectivity index is 1.83. The second-order valence-electron chi connectivity index (χ2n) is 5.32. The Kier molecular flexibility index (Phi) is 4.96. The molecule has 0 saturated heterocycles. The molecule has 0 saturated carbocycles. The van der Waals surface area contributed by atoms with Gasteiger partial charge in [0.05, 0.1) is 16.4 Å². The first-order valence-electron chi connectivity index (χ1n) is 7.76. The molecule has 25 heavy (non-hydrogen) atoms. The molecule has 0 bridgehead atoms. The van der Waals surface area contributed by atoms with Crippen LogP contribution in [0.5, 0.6) is 0 Å². The van der Waals surface area contributed by atoms with E-state index in [1.165, 1.54) is 30.0 Å². The highest BCUT2D eigenvalue weighted by molar-refractivity contribution is 7.98. The van der Waals surface area contributed by atoms with E-state index in [0.29, 0.717) is 34.3 Å². The topological polar surface area (TPSA) is 106 Å². The van der Waals surface area contributed by atoms with Crippen molar-refractivity contribution in [2.24, 2.45) is 0 Å². The number of H-pyrrole nitrogens is 1. The molecule has 7 nitrogen and oxygen atoms in total. The van der Waals surface area contributed by atoms with Crippen LogP contribution < -0.4 is 5.56 Å². The summed E-state index contributed by atoms with van der Waals surface area (Å²) in [5, 5.41) is 0.501. The minimum atomic E-state index is -3.28. The number of sulfone groups is 1. The van der Waals surface area contributed by atoms with Gasteiger partial charge in [0.15, 0.2) is 20.6 Å². The van der Waals surface area contributed by atoms with Gasteiger partial charge in [0.1, 0.15) is 5.52 Å². The Bertz CT molecular complexity index is 1070. The van der Waals surface area contributed by atoms with Crippen LogP contribution in [0.2, 0.25) is 0 Å². The molecule has 132 valence electrons. The highest BCUT2D eigenvalue weighted by Gasteiger charge is 2.15. The number of fused-ring (bicyclic) bond motifs is 1. The molecule has 0 radical (unpaired) electrons. The number of aromatic amines is 1. The lowest BCUT2D eigenvalue weighted by molar-refractivity contribution is 0.556. The van der Waals surface area contributed by atoms with E-state index in [1.807, 2.05) is 6.92 Å². The van der Waals surface area contributed by atoms with Gasteiger partial charge in [0, 0.05) is 11.8 Å². The number of oxazole rings is 1. The van der Waals surface area contributed by atoms with Crippen LogP contribution >= 0.6 is 11.8 Å². The number of aromatic nitrogens is 3. The van der Waals surface area contributed by atoms with Gasteiger partial charge in [-0.3, -0.25) is 4.79 Å². The Morgan fingerprint density at radius 2 is 2.00 bits per heavy atom. The number of aryl methyl sites for hydroxylation is 1. The van der Waals surface area contributed by atoms with Gasteiger partial charge in [0.25, 0.3) is 5.56 Å². The van der Waals surface area contributed by atoms with Gasteiger partial charge < -0.3 is 9.40 Å². The van der Waals surface area contributed by atoms with Crippen molar-refractivity contribution in [2.45, 2.75) is 36.1 Å². The molecular weight excluding hydrogens is 362 g/mol. The molecule has 2 aromatic heterocycles. The largest absolute Gasteiger partial charge is 0.440 e. The van der Waals surface area contributed by atoms with Crippen LogP contribution in [0, 0.1) is 0 Å². The fraction of sp³-hybridized carbons (Fsp3) is 0.312. The van der Waals surface area contributed by atoms with Crippen molar-refractivity contribution in [2.75, 3.05) is 5.75 Å². The predicted octanol–water partition coefficient (Wildman–Crippen LogP) is 2.56. The summed E-state index contributed by atoms with van der Waals surface area (Å²) >= 11 is 1.31. The van der Waals surface area contributed by atoms with E-state index in [9.17, 15) is 13.2 Å². The van der Waals surface area contributed by atoms with E-state index >= 15 is 0 Å². The van der Waals surface area contributed by atoms with Crippen molar-refractivity contribution >= 4 is 32.7 Å². The first-order valence-corrected chi connectivity index (χ1v) is 10.4. The number of benzene rings is 1. The van der Waals surface area contributed by atoms with E-state index in [-0.39, 0.29) is 16.2 Å². The molecule has 0 aliphatic rings. The van der Waals surface area contributed by atoms with Crippen LogP contribution in [0.25, 0.3) is 11.1 Å². The second-order valence-corrected chi connectivity index (χ2v) is 8.57. The van der Waals surface area contributed by atoms with Gasteiger partial charge >= 0.3 is 0 Å². The molecule has 0 amide bonds. The summed E-state index contributed by atoms with van der Waals surface area (Å²) < 4.78 is 29.5. The maximum Gasteiger partial charge on any atom is 0.251 e. The summed E-state index contributed by atoms with van der Waals surface area (Å²) in [7, 11) is -3.28. The van der Waals surface area contributed by atoms with Gasteiger partial charge in [0.2, 0.25) is 5.89 Å². The maximum atomic E-state index is 11.9. The Morgan fingerprint density at radius 1 is 1.20 bits per heavy atom. The number of hydrogen-bond acceptors (Lipinski definition) is 7. The third-order valence-electron chi connectivity index (χ3n) is 3.61. The van der Waals surface area contributed by atoms with Crippen molar-refractivity contribution in [3.8, 4) is 0 Å². The third-order valence-corrected chi connectivity index (χ3v) is 6.20. The van der Waals surface area contributed by atoms with Crippen LogP contribution in [0.15, 0.2) is 43.5 Å². The Morgan fingerprint density at radius 3 is 2.72 bits per heavy atom. The lowest BCUT2D eigenvalue weighted by Crippen LogP contribution is -2.09. The molecule has 9 heteroatoms. The molecule has 0 aliphatic carbocycles. The predicted molar refractivity (Wildman–Crippen MR) is 95.5 cm³/mol. The fourth-order valence-electron chi connectivity index (χ4n) is 2.24. The molecule has 1 aromatic carbocycles. The Labute approximate surface area is 148 Å². The number of thioether (sulfide) groups is 1. The number of nitrogens with zero attached hydrogens (tertiary/aromatic N) is 2. The lowest BCUT2D eigenvalue weighted by atomic mass is 10.3. The highest BCUT2D eigenvalue weighted by atomic mass is 32.2. The average molecular weight is 379 g/mol. The SMILES string of the molecule is CCc1cc(=O)[nH]c(SCc2nc3cc(S(=O)(=O)CC)ccc3o2)n1. The zero-order valence-corrected chi connectivity index (χ0v) is 15.4. The zero-order valence-electron chi connectivity index (χ0n) is 13.8. The van der Waals surface area contributed by atoms with E-state index in [2.05, 4.69) is 15.0 Å². The van der Waals surface area contributed by atoms with Crippen LogP contribution in [0.3, 0.4) is 0 Å². The standard InChI is InChI=1S/C16H17N3O4S2/c1-3-10-7-14(20)19-16(17-10)24-9-15-18-12-8-11(25(21,22)4-2)5-6-13(12)23-15/h5-8H,3-4,9H2,1-2H3,(H,17,19,20). The third kappa shape index (κ3) is 3.93. The molecule has 3 rings (SSSR count). The summed E-state index contributed by atoms with van der Waals surface area (Å²) in [5.41, 5.74) is 1.54. The van der Waals surface area contributed by atoms with E-state index in [0.717, 1.165) is 5.69 Å². The van der Waals surface area contributed by atoms with Crippen molar-refractivity contribution in [3.05, 3.63) is 46.2 Å². The van der Waals surface area contributed by atoms with Gasteiger partial charge in [-0.25, -0.2) is 18.4 Å². The average Bonchev–Trinajstić information content (AvgIpc) is 3.01. The van der Waals surface area contributed by atoms with Crippen LogP contribution in [-0.2, 0) is 22.0 Å². The maximum absolute atomic E-state index is 11.9. The van der Waals surface area contributed by atoms with E-state index < -0.39 is 9.84 Å². The van der Waals surface area contributed by atoms with Crippen LogP contribution in [0.1, 0.15) is 25.4 Å². The minimum absolute atomic E-state index is 0.0336. The summed E-state index contributed by atoms with van der Waals surface area (Å²) in [6, 6.07) is 6.12. The van der Waals surface area contributed by atoms with Crippen molar-refractivity contribution in [1.82, 2.24) is 15.0 Å². The smallest absolute Gasteiger partial charge is 0.251 e. The summed E-state index contributed by atoms with van der Waals surface area (Å²) in [4.78, 5) is 23.1. The van der Waals surface area contributed by atoms with Crippen molar-refractivity contribution in [1.29, 1.82) is 0 Å². The normalized spacial score (nSPS) is 11.9. The quantitative estimate of drug-likeness (QED) is 0.518. The number of rotatable bonds is 6. The fourth-order valence-corrected chi connectivity index (χ4v) is 3.88. The molecule has 1 N–H and O–H groups in total. The molecule has 0 spiro atoms. The Hall–Kier alpha value is -2.13. The minimum Gasteiger partial charge on any atom is -0.440 e. The summed E-state index contributed by atoms with van der Waals surface area (Å²) in [5.74, 6) is 0.850. The first-order chi connectivity index (χ1) is 11.9. The molecule has 0 aliphatic heterocycles. The molecular formula is C16H17N3O4S2. The zero-order chi connectivity index (χ0) is 18.0. The monoisotopic (exact) mass is 379 g/mol. The van der Waals surface area contributed by atoms with Crippen LogP contribution in [0.4, 0.5) is 0 Å². The van der Waals surface area contributed by atoms with Gasteiger partial charge in [-0.1, -0.05) is 25.6 Å². The van der Waals surface area contributed by atoms with E-state index in [4.69, 9.17) is 4.42 Å². The lowest BCUT2D eigenvalue weighted by Gasteiger charge is -2.00. The van der Waals surface area contributed by atoms with Gasteiger partial charge in [-0.2, -0.15) is 0 Å². The molecule has 0 fully saturated rings. The van der Waals surface area contributed by atoms with E-state index in [1.54, 1.807) is 13.0 Å². The number of nitrogens with one attached hydrogen (secondary N) is 1. The van der Waals surface area contributed by atoms with Crippen molar-refractivity contribution in [3.63, 3.8) is 0 Å². The molecule has 0 unspecified atom stereocenters. The second kappa shape index (κ2) is 7.01. The van der Waals surface area contributed by atoms with Gasteiger partial charge in [-0.15, -0.1) is 0 Å². The summed E-state index contributed by atoms with van der Waals surface area (Å²) in [6.45, 7) is 3.53. The van der Waals surface area contributed by atoms with Crippen LogP contribution in [-0.4, -0.2) is 29.1 Å². The summed E-state index contributed by atoms with van der Waals surface area (Å²) in [6.07, 6.45) is 0.676. The van der Waals surface area contributed by atoms with Gasteiger partial charge in [-0.05, 0) is 24.6 Å². The molecule has 0 atom stereocenters.